The fourth-order valence-electron chi connectivity index (χ4n) is 3.59. The van der Waals surface area contributed by atoms with Gasteiger partial charge in [0.2, 0.25) is 5.91 Å². The van der Waals surface area contributed by atoms with Crippen LogP contribution in [0.5, 0.6) is 0 Å². The molecule has 1 aromatic rings. The van der Waals surface area contributed by atoms with Crippen LogP contribution < -0.4 is 0 Å². The molecular formula is C20H21Cl2N5O. The van der Waals surface area contributed by atoms with E-state index in [1.165, 1.54) is 0 Å². The Morgan fingerprint density at radius 3 is 2.86 bits per heavy atom. The molecule has 0 N–H and O–H groups in total. The number of nitrogens with zero attached hydrogens (tertiary/aromatic N) is 5. The Labute approximate surface area is 174 Å². The van der Waals surface area contributed by atoms with Gasteiger partial charge in [-0.2, -0.15) is 0 Å². The van der Waals surface area contributed by atoms with Crippen LogP contribution in [0.15, 0.2) is 52.2 Å². The lowest BCUT2D eigenvalue weighted by Gasteiger charge is -2.41. The number of carbonyl (C=O) groups is 1. The predicted molar refractivity (Wildman–Crippen MR) is 113 cm³/mol. The van der Waals surface area contributed by atoms with Crippen molar-refractivity contribution in [3.63, 3.8) is 0 Å². The first-order valence-corrected chi connectivity index (χ1v) is 10.0. The van der Waals surface area contributed by atoms with Crippen LogP contribution >= 0.6 is 23.2 Å². The third-order valence-corrected chi connectivity index (χ3v) is 5.82. The average Bonchev–Trinajstić information content (AvgIpc) is 2.70. The molecule has 3 aliphatic rings. The van der Waals surface area contributed by atoms with Crippen LogP contribution in [-0.4, -0.2) is 65.1 Å². The molecular weight excluding hydrogens is 397 g/mol. The lowest BCUT2D eigenvalue weighted by molar-refractivity contribution is -0.134. The van der Waals surface area contributed by atoms with E-state index in [2.05, 4.69) is 28.0 Å². The summed E-state index contributed by atoms with van der Waals surface area (Å²) in [6.45, 7) is 4.90. The number of allylic oxidation sites excluding steroid dienone is 1. The summed E-state index contributed by atoms with van der Waals surface area (Å²) in [5.74, 6) is 0.994. The van der Waals surface area contributed by atoms with Gasteiger partial charge in [0.05, 0.1) is 28.7 Å². The van der Waals surface area contributed by atoms with Crippen LogP contribution in [0, 0.1) is 0 Å². The lowest BCUT2D eigenvalue weighted by Crippen LogP contribution is -2.56. The number of carbonyl (C=O) groups excluding carboxylic acids is 1. The summed E-state index contributed by atoms with van der Waals surface area (Å²) in [6.07, 6.45) is 8.19. The van der Waals surface area contributed by atoms with Gasteiger partial charge in [-0.1, -0.05) is 29.3 Å². The summed E-state index contributed by atoms with van der Waals surface area (Å²) >= 11 is 12.0. The Kier molecular flexibility index (Phi) is 5.42. The van der Waals surface area contributed by atoms with Crippen molar-refractivity contribution < 1.29 is 4.79 Å². The third kappa shape index (κ3) is 3.93. The molecule has 0 radical (unpaired) electrons. The molecule has 3 aliphatic heterocycles. The molecule has 1 unspecified atom stereocenters. The van der Waals surface area contributed by atoms with Crippen LogP contribution in [0.4, 0.5) is 0 Å². The molecule has 3 heterocycles. The van der Waals surface area contributed by atoms with Crippen molar-refractivity contribution in [2.45, 2.75) is 19.4 Å². The Bertz CT molecular complexity index is 908. The van der Waals surface area contributed by atoms with Crippen LogP contribution in [0.2, 0.25) is 10.0 Å². The molecule has 28 heavy (non-hydrogen) atoms. The van der Waals surface area contributed by atoms with E-state index < -0.39 is 0 Å². The molecule has 8 heteroatoms. The summed E-state index contributed by atoms with van der Waals surface area (Å²) in [6, 6.07) is 5.43. The van der Waals surface area contributed by atoms with Crippen LogP contribution in [-0.2, 0) is 11.2 Å². The summed E-state index contributed by atoms with van der Waals surface area (Å²) in [7, 11) is 0. The number of amides is 1. The Morgan fingerprint density at radius 2 is 2.07 bits per heavy atom. The SMILES string of the molecule is CC1CN(C2=NN3C=NCC=C3C=C2)CCN1C(=O)Cc1ccc(Cl)c(Cl)c1. The first-order valence-electron chi connectivity index (χ1n) is 9.25. The van der Waals surface area contributed by atoms with Crippen molar-refractivity contribution in [2.24, 2.45) is 10.1 Å². The summed E-state index contributed by atoms with van der Waals surface area (Å²) in [5.41, 5.74) is 1.92. The summed E-state index contributed by atoms with van der Waals surface area (Å²) < 4.78 is 0. The van der Waals surface area contributed by atoms with E-state index in [0.29, 0.717) is 29.6 Å². The van der Waals surface area contributed by atoms with Crippen molar-refractivity contribution in [1.82, 2.24) is 14.8 Å². The number of piperazine rings is 1. The van der Waals surface area contributed by atoms with Gasteiger partial charge in [0, 0.05) is 25.7 Å². The second-order valence-corrected chi connectivity index (χ2v) is 7.87. The smallest absolute Gasteiger partial charge is 0.227 e. The van der Waals surface area contributed by atoms with E-state index >= 15 is 0 Å². The van der Waals surface area contributed by atoms with E-state index in [9.17, 15) is 4.79 Å². The van der Waals surface area contributed by atoms with Crippen molar-refractivity contribution in [3.8, 4) is 0 Å². The summed E-state index contributed by atoms with van der Waals surface area (Å²) in [4.78, 5) is 21.2. The zero-order valence-electron chi connectivity index (χ0n) is 15.6. The minimum absolute atomic E-state index is 0.0899. The standard InChI is InChI=1S/C20H21Cl2N5O/c1-14-12-25(19-5-3-16-6-7-23-13-27(16)24-19)8-9-26(14)20(28)11-15-2-4-17(21)18(22)10-15/h2-6,10,13-14H,7-9,11-12H2,1H3. The van der Waals surface area contributed by atoms with Crippen molar-refractivity contribution in [2.75, 3.05) is 26.2 Å². The van der Waals surface area contributed by atoms with Crippen molar-refractivity contribution >= 4 is 41.3 Å². The van der Waals surface area contributed by atoms with Gasteiger partial charge < -0.3 is 9.80 Å². The predicted octanol–water partition coefficient (Wildman–Crippen LogP) is 3.18. The minimum atomic E-state index is 0.0899. The lowest BCUT2D eigenvalue weighted by atomic mass is 10.1. The van der Waals surface area contributed by atoms with Gasteiger partial charge in [-0.25, -0.2) is 5.01 Å². The zero-order chi connectivity index (χ0) is 19.7. The maximum atomic E-state index is 12.8. The molecule has 0 saturated carbocycles. The molecule has 146 valence electrons. The second-order valence-electron chi connectivity index (χ2n) is 7.05. The number of rotatable bonds is 2. The molecule has 0 bridgehead atoms. The highest BCUT2D eigenvalue weighted by Gasteiger charge is 2.29. The first-order chi connectivity index (χ1) is 13.5. The summed E-state index contributed by atoms with van der Waals surface area (Å²) in [5, 5.41) is 7.43. The average molecular weight is 418 g/mol. The highest BCUT2D eigenvalue weighted by Crippen LogP contribution is 2.24. The molecule has 0 aromatic heterocycles. The highest BCUT2D eigenvalue weighted by molar-refractivity contribution is 6.42. The maximum absolute atomic E-state index is 12.8. The largest absolute Gasteiger partial charge is 0.351 e. The van der Waals surface area contributed by atoms with E-state index in [-0.39, 0.29) is 11.9 Å². The Hall–Kier alpha value is -2.31. The Morgan fingerprint density at radius 1 is 1.21 bits per heavy atom. The highest BCUT2D eigenvalue weighted by atomic mass is 35.5. The molecule has 1 saturated heterocycles. The Balaban J connectivity index is 1.39. The topological polar surface area (TPSA) is 51.5 Å². The number of benzene rings is 1. The van der Waals surface area contributed by atoms with Gasteiger partial charge in [-0.05, 0) is 42.8 Å². The molecule has 4 rings (SSSR count). The molecule has 6 nitrogen and oxygen atoms in total. The molecule has 1 fully saturated rings. The van der Waals surface area contributed by atoms with Crippen LogP contribution in [0.3, 0.4) is 0 Å². The third-order valence-electron chi connectivity index (χ3n) is 5.09. The van der Waals surface area contributed by atoms with E-state index in [1.807, 2.05) is 23.1 Å². The molecule has 1 atom stereocenters. The number of halogens is 2. The van der Waals surface area contributed by atoms with E-state index in [0.717, 1.165) is 30.2 Å². The maximum Gasteiger partial charge on any atom is 0.227 e. The van der Waals surface area contributed by atoms with E-state index in [4.69, 9.17) is 23.2 Å². The number of aliphatic imine (C=N–C) groups is 1. The fraction of sp³-hybridized carbons (Fsp3) is 0.350. The quantitative estimate of drug-likeness (QED) is 0.742. The van der Waals surface area contributed by atoms with Crippen molar-refractivity contribution in [1.29, 1.82) is 0 Å². The number of hydrogen-bond acceptors (Lipinski definition) is 5. The van der Waals surface area contributed by atoms with Gasteiger partial charge in [-0.15, -0.1) is 5.10 Å². The van der Waals surface area contributed by atoms with Gasteiger partial charge in [0.25, 0.3) is 0 Å². The fourth-order valence-corrected chi connectivity index (χ4v) is 3.91. The normalized spacial score (nSPS) is 21.4. The molecule has 1 amide bonds. The second kappa shape index (κ2) is 7.97. The van der Waals surface area contributed by atoms with Gasteiger partial charge >= 0.3 is 0 Å². The van der Waals surface area contributed by atoms with E-state index in [1.54, 1.807) is 23.5 Å². The molecule has 0 spiro atoms. The van der Waals surface area contributed by atoms with Gasteiger partial charge in [0.15, 0.2) is 0 Å². The van der Waals surface area contributed by atoms with Gasteiger partial charge in [-0.3, -0.25) is 9.79 Å². The number of hydrazone groups is 1. The molecule has 1 aromatic carbocycles. The van der Waals surface area contributed by atoms with Gasteiger partial charge in [0.1, 0.15) is 12.2 Å². The first kappa shape index (κ1) is 19.0. The van der Waals surface area contributed by atoms with Crippen molar-refractivity contribution in [3.05, 3.63) is 57.7 Å². The molecule has 0 aliphatic carbocycles. The monoisotopic (exact) mass is 417 g/mol. The number of fused-ring (bicyclic) bond motifs is 1. The zero-order valence-corrected chi connectivity index (χ0v) is 17.1. The minimum Gasteiger partial charge on any atom is -0.351 e. The number of hydrogen-bond donors (Lipinski definition) is 0. The van der Waals surface area contributed by atoms with Crippen LogP contribution in [0.1, 0.15) is 12.5 Å². The number of amidine groups is 1. The van der Waals surface area contributed by atoms with Crippen LogP contribution in [0.25, 0.3) is 0 Å².